The minimum atomic E-state index is 0.656. The first-order valence-corrected chi connectivity index (χ1v) is 7.50. The highest BCUT2D eigenvalue weighted by atomic mass is 15.0. The Kier molecular flexibility index (Phi) is 3.06. The topological polar surface area (TPSA) is 24.1 Å². The summed E-state index contributed by atoms with van der Waals surface area (Å²) >= 11 is 0. The predicted molar refractivity (Wildman–Crippen MR) is 81.4 cm³/mol. The molecule has 2 nitrogen and oxygen atoms in total. The Hall–Kier alpha value is -1.64. The zero-order valence-corrected chi connectivity index (χ0v) is 11.6. The molecular weight excluding hydrogens is 244 g/mol. The molecule has 0 aromatic heterocycles. The molecule has 4 rings (SSSR count). The lowest BCUT2D eigenvalue weighted by Gasteiger charge is -2.07. The number of nitrogens with one attached hydrogen (secondary N) is 2. The second-order valence-electron chi connectivity index (χ2n) is 5.95. The second kappa shape index (κ2) is 5.04. The summed E-state index contributed by atoms with van der Waals surface area (Å²) in [6.45, 7) is 3.04. The van der Waals surface area contributed by atoms with Crippen LogP contribution in [0.3, 0.4) is 0 Å². The summed E-state index contributed by atoms with van der Waals surface area (Å²) in [6.07, 6.45) is 1.27. The van der Waals surface area contributed by atoms with E-state index in [1.165, 1.54) is 28.7 Å². The van der Waals surface area contributed by atoms with Crippen LogP contribution >= 0.6 is 0 Å². The van der Waals surface area contributed by atoms with Crippen LogP contribution in [0.2, 0.25) is 0 Å². The molecule has 2 heteroatoms. The van der Waals surface area contributed by atoms with Crippen LogP contribution in [0.1, 0.15) is 34.6 Å². The summed E-state index contributed by atoms with van der Waals surface area (Å²) < 4.78 is 0. The monoisotopic (exact) mass is 264 g/mol. The average Bonchev–Trinajstić information content (AvgIpc) is 3.13. The molecule has 1 aliphatic heterocycles. The van der Waals surface area contributed by atoms with Gasteiger partial charge in [-0.3, -0.25) is 0 Å². The molecule has 20 heavy (non-hydrogen) atoms. The second-order valence-corrected chi connectivity index (χ2v) is 5.95. The third-order valence-corrected chi connectivity index (χ3v) is 4.49. The smallest absolute Gasteiger partial charge is 0.0212 e. The van der Waals surface area contributed by atoms with Gasteiger partial charge in [-0.2, -0.15) is 0 Å². The fourth-order valence-corrected chi connectivity index (χ4v) is 3.20. The van der Waals surface area contributed by atoms with Crippen molar-refractivity contribution in [3.8, 4) is 0 Å². The number of hydrogen-bond acceptors (Lipinski definition) is 2. The van der Waals surface area contributed by atoms with Crippen molar-refractivity contribution in [3.63, 3.8) is 0 Å². The summed E-state index contributed by atoms with van der Waals surface area (Å²) in [5.74, 6) is 0.715. The molecule has 0 radical (unpaired) electrons. The minimum absolute atomic E-state index is 0.656. The van der Waals surface area contributed by atoms with Crippen LogP contribution < -0.4 is 10.6 Å². The molecule has 2 unspecified atom stereocenters. The molecule has 1 aliphatic carbocycles. The Labute approximate surface area is 120 Å². The maximum atomic E-state index is 3.69. The molecule has 2 aliphatic rings. The van der Waals surface area contributed by atoms with E-state index in [0.717, 1.165) is 19.6 Å². The van der Waals surface area contributed by atoms with Gasteiger partial charge in [0.1, 0.15) is 0 Å². The summed E-state index contributed by atoms with van der Waals surface area (Å²) in [4.78, 5) is 0. The molecule has 0 bridgehead atoms. The summed E-state index contributed by atoms with van der Waals surface area (Å²) in [7, 11) is 0. The minimum Gasteiger partial charge on any atom is -0.309 e. The van der Waals surface area contributed by atoms with E-state index in [0.29, 0.717) is 12.0 Å². The van der Waals surface area contributed by atoms with Gasteiger partial charge in [0.15, 0.2) is 0 Å². The molecule has 1 heterocycles. The van der Waals surface area contributed by atoms with E-state index < -0.39 is 0 Å². The lowest BCUT2D eigenvalue weighted by molar-refractivity contribution is 0.672. The van der Waals surface area contributed by atoms with Crippen LogP contribution in [0, 0.1) is 0 Å². The first-order valence-electron chi connectivity index (χ1n) is 7.50. The highest BCUT2D eigenvalue weighted by molar-refractivity contribution is 5.35. The molecule has 1 fully saturated rings. The van der Waals surface area contributed by atoms with E-state index in [1.54, 1.807) is 0 Å². The lowest BCUT2D eigenvalue weighted by Crippen LogP contribution is -2.17. The van der Waals surface area contributed by atoms with Gasteiger partial charge < -0.3 is 10.6 Å². The quantitative estimate of drug-likeness (QED) is 0.887. The van der Waals surface area contributed by atoms with Gasteiger partial charge in [0.2, 0.25) is 0 Å². The molecule has 2 N–H and O–H groups in total. The van der Waals surface area contributed by atoms with E-state index in [2.05, 4.69) is 59.2 Å². The maximum Gasteiger partial charge on any atom is 0.0212 e. The molecule has 2 aromatic carbocycles. The molecule has 0 spiro atoms. The first-order chi connectivity index (χ1) is 9.90. The van der Waals surface area contributed by atoms with Crippen LogP contribution in [0.5, 0.6) is 0 Å². The van der Waals surface area contributed by atoms with Gasteiger partial charge in [-0.15, -0.1) is 0 Å². The lowest BCUT2D eigenvalue weighted by atomic mass is 10.1. The average molecular weight is 264 g/mol. The Morgan fingerprint density at radius 1 is 1.00 bits per heavy atom. The molecule has 1 saturated carbocycles. The van der Waals surface area contributed by atoms with E-state index in [9.17, 15) is 0 Å². The Morgan fingerprint density at radius 2 is 1.85 bits per heavy atom. The van der Waals surface area contributed by atoms with Gasteiger partial charge in [-0.1, -0.05) is 48.5 Å². The Balaban J connectivity index is 1.36. The van der Waals surface area contributed by atoms with Crippen molar-refractivity contribution in [1.82, 2.24) is 10.6 Å². The van der Waals surface area contributed by atoms with E-state index in [1.807, 2.05) is 0 Å². The molecular formula is C18H20N2. The Bertz CT molecular complexity index is 606. The third-order valence-electron chi connectivity index (χ3n) is 4.49. The van der Waals surface area contributed by atoms with Crippen molar-refractivity contribution in [2.24, 2.45) is 0 Å². The van der Waals surface area contributed by atoms with Crippen LogP contribution in [0.25, 0.3) is 0 Å². The van der Waals surface area contributed by atoms with E-state index in [-0.39, 0.29) is 0 Å². The van der Waals surface area contributed by atoms with Gasteiger partial charge in [0, 0.05) is 31.6 Å². The standard InChI is InChI=1S/C18H20N2/c1-2-4-14(5-3-1)17-9-18(17)20-10-13-6-7-15-11-19-12-16(15)8-13/h1-8,17-20H,9-12H2. The highest BCUT2D eigenvalue weighted by Gasteiger charge is 2.37. The van der Waals surface area contributed by atoms with Gasteiger partial charge in [-0.05, 0) is 28.7 Å². The highest BCUT2D eigenvalue weighted by Crippen LogP contribution is 2.40. The van der Waals surface area contributed by atoms with Crippen molar-refractivity contribution in [3.05, 3.63) is 70.8 Å². The van der Waals surface area contributed by atoms with Gasteiger partial charge >= 0.3 is 0 Å². The van der Waals surface area contributed by atoms with E-state index >= 15 is 0 Å². The van der Waals surface area contributed by atoms with E-state index in [4.69, 9.17) is 0 Å². The normalized spacial score (nSPS) is 23.6. The third kappa shape index (κ3) is 2.37. The van der Waals surface area contributed by atoms with Crippen molar-refractivity contribution < 1.29 is 0 Å². The molecule has 0 saturated heterocycles. The van der Waals surface area contributed by atoms with Crippen LogP contribution in [-0.2, 0) is 19.6 Å². The summed E-state index contributed by atoms with van der Waals surface area (Å²) in [5.41, 5.74) is 5.82. The number of benzene rings is 2. The van der Waals surface area contributed by atoms with Crippen LogP contribution in [0.15, 0.2) is 48.5 Å². The Morgan fingerprint density at radius 3 is 2.75 bits per heavy atom. The summed E-state index contributed by atoms with van der Waals surface area (Å²) in [5, 5.41) is 7.09. The zero-order valence-electron chi connectivity index (χ0n) is 11.6. The fourth-order valence-electron chi connectivity index (χ4n) is 3.20. The maximum absolute atomic E-state index is 3.69. The molecule has 2 aromatic rings. The molecule has 2 atom stereocenters. The largest absolute Gasteiger partial charge is 0.309 e. The predicted octanol–water partition coefficient (Wildman–Crippen LogP) is 2.94. The van der Waals surface area contributed by atoms with Crippen LogP contribution in [0.4, 0.5) is 0 Å². The first kappa shape index (κ1) is 12.1. The summed E-state index contributed by atoms with van der Waals surface area (Å²) in [6, 6.07) is 18.4. The van der Waals surface area contributed by atoms with Gasteiger partial charge in [0.25, 0.3) is 0 Å². The number of fused-ring (bicyclic) bond motifs is 1. The van der Waals surface area contributed by atoms with Crippen molar-refractivity contribution in [2.45, 2.75) is 38.0 Å². The van der Waals surface area contributed by atoms with Crippen molar-refractivity contribution >= 4 is 0 Å². The zero-order chi connectivity index (χ0) is 13.4. The van der Waals surface area contributed by atoms with Crippen LogP contribution in [-0.4, -0.2) is 6.04 Å². The molecule has 102 valence electrons. The number of hydrogen-bond donors (Lipinski definition) is 2. The fraction of sp³-hybridized carbons (Fsp3) is 0.333. The number of rotatable bonds is 4. The SMILES string of the molecule is c1ccc(C2CC2NCc2ccc3c(c2)CNC3)cc1. The van der Waals surface area contributed by atoms with Crippen molar-refractivity contribution in [2.75, 3.05) is 0 Å². The van der Waals surface area contributed by atoms with Crippen molar-refractivity contribution in [1.29, 1.82) is 0 Å². The van der Waals surface area contributed by atoms with Gasteiger partial charge in [-0.25, -0.2) is 0 Å². The molecule has 0 amide bonds. The van der Waals surface area contributed by atoms with Gasteiger partial charge in [0.05, 0.1) is 0 Å².